The van der Waals surface area contributed by atoms with Gasteiger partial charge in [-0.2, -0.15) is 4.31 Å². The van der Waals surface area contributed by atoms with Crippen LogP contribution in [0, 0.1) is 13.8 Å². The Labute approximate surface area is 201 Å². The number of unbranched alkanes of at least 4 members (excludes halogenated alkanes) is 1. The number of carbonyl (C=O) groups excluding carboxylic acids is 1. The molecule has 0 bridgehead atoms. The molecule has 186 valence electrons. The van der Waals surface area contributed by atoms with Crippen LogP contribution in [0.25, 0.3) is 6.08 Å². The Bertz CT molecular complexity index is 1110. The Morgan fingerprint density at radius 2 is 1.97 bits per heavy atom. The van der Waals surface area contributed by atoms with Gasteiger partial charge in [-0.05, 0) is 50.5 Å². The van der Waals surface area contributed by atoms with Gasteiger partial charge in [0.1, 0.15) is 10.6 Å². The van der Waals surface area contributed by atoms with Crippen LogP contribution in [0.2, 0.25) is 0 Å². The molecule has 1 aliphatic rings. The van der Waals surface area contributed by atoms with Crippen LogP contribution in [0.4, 0.5) is 0 Å². The smallest absolute Gasteiger partial charge is 0.248 e. The Morgan fingerprint density at radius 1 is 1.18 bits per heavy atom. The highest BCUT2D eigenvalue weighted by atomic mass is 32.2. The second kappa shape index (κ2) is 11.5. The number of aryl methyl sites for hydroxylation is 2. The van der Waals surface area contributed by atoms with Crippen molar-refractivity contribution in [2.75, 3.05) is 39.9 Å². The van der Waals surface area contributed by atoms with Crippen LogP contribution in [0.5, 0.6) is 11.5 Å². The van der Waals surface area contributed by atoms with Crippen molar-refractivity contribution in [1.29, 1.82) is 0 Å². The monoisotopic (exact) mass is 491 g/mol. The van der Waals surface area contributed by atoms with Crippen LogP contribution in [-0.2, 0) is 14.8 Å². The SMILES string of the molecule is CCCCOc1ccc(/C=C/C(=O)N2CCCN(S(=O)(=O)c3c(C)noc3C)CC2)cc1OC. The van der Waals surface area contributed by atoms with Crippen molar-refractivity contribution in [2.24, 2.45) is 0 Å². The maximum atomic E-state index is 13.1. The molecule has 1 aromatic carbocycles. The molecule has 1 amide bonds. The number of sulfonamides is 1. The molecule has 1 aromatic heterocycles. The average Bonchev–Trinajstić information content (AvgIpc) is 3.01. The lowest BCUT2D eigenvalue weighted by Crippen LogP contribution is -2.37. The third-order valence-electron chi connectivity index (χ3n) is 5.69. The number of nitrogens with zero attached hydrogens (tertiary/aromatic N) is 3. The van der Waals surface area contributed by atoms with E-state index in [1.165, 1.54) is 10.4 Å². The molecule has 1 saturated heterocycles. The van der Waals surface area contributed by atoms with E-state index < -0.39 is 10.0 Å². The molecule has 0 saturated carbocycles. The molecule has 0 spiro atoms. The quantitative estimate of drug-likeness (QED) is 0.391. The van der Waals surface area contributed by atoms with E-state index in [1.54, 1.807) is 31.9 Å². The third kappa shape index (κ3) is 5.98. The molecule has 10 heteroatoms. The maximum absolute atomic E-state index is 13.1. The van der Waals surface area contributed by atoms with Crippen LogP contribution in [0.1, 0.15) is 43.2 Å². The highest BCUT2D eigenvalue weighted by Crippen LogP contribution is 2.29. The van der Waals surface area contributed by atoms with E-state index in [9.17, 15) is 13.2 Å². The summed E-state index contributed by atoms with van der Waals surface area (Å²) in [6.07, 6.45) is 5.78. The van der Waals surface area contributed by atoms with Crippen molar-refractivity contribution in [3.8, 4) is 11.5 Å². The number of ether oxygens (including phenoxy) is 2. The minimum absolute atomic E-state index is 0.114. The van der Waals surface area contributed by atoms with Gasteiger partial charge in [-0.1, -0.05) is 24.6 Å². The van der Waals surface area contributed by atoms with Crippen LogP contribution < -0.4 is 9.47 Å². The van der Waals surface area contributed by atoms with Gasteiger partial charge in [0.2, 0.25) is 15.9 Å². The maximum Gasteiger partial charge on any atom is 0.248 e. The van der Waals surface area contributed by atoms with E-state index in [0.29, 0.717) is 49.9 Å². The molecule has 34 heavy (non-hydrogen) atoms. The number of rotatable bonds is 9. The Hall–Kier alpha value is -2.85. The molecule has 3 rings (SSSR count). The Morgan fingerprint density at radius 3 is 2.65 bits per heavy atom. The van der Waals surface area contributed by atoms with Gasteiger partial charge in [0.25, 0.3) is 0 Å². The molecule has 0 N–H and O–H groups in total. The number of carbonyl (C=O) groups is 1. The molecule has 0 atom stereocenters. The summed E-state index contributed by atoms with van der Waals surface area (Å²) in [5, 5.41) is 3.76. The van der Waals surface area contributed by atoms with Crippen molar-refractivity contribution in [1.82, 2.24) is 14.4 Å². The van der Waals surface area contributed by atoms with E-state index in [2.05, 4.69) is 12.1 Å². The summed E-state index contributed by atoms with van der Waals surface area (Å²) in [4.78, 5) is 14.6. The van der Waals surface area contributed by atoms with Crippen molar-refractivity contribution >= 4 is 22.0 Å². The van der Waals surface area contributed by atoms with E-state index in [0.717, 1.165) is 18.4 Å². The molecule has 0 aliphatic carbocycles. The first-order chi connectivity index (χ1) is 16.3. The molecular formula is C24H33N3O6S. The van der Waals surface area contributed by atoms with Crippen LogP contribution in [0.3, 0.4) is 0 Å². The lowest BCUT2D eigenvalue weighted by Gasteiger charge is -2.21. The summed E-state index contributed by atoms with van der Waals surface area (Å²) in [6.45, 7) is 7.25. The van der Waals surface area contributed by atoms with Crippen LogP contribution in [-0.4, -0.2) is 68.6 Å². The molecular weight excluding hydrogens is 458 g/mol. The second-order valence-corrected chi connectivity index (χ2v) is 10.1. The van der Waals surface area contributed by atoms with Gasteiger partial charge in [-0.3, -0.25) is 4.79 Å². The van der Waals surface area contributed by atoms with Gasteiger partial charge in [0.15, 0.2) is 17.3 Å². The summed E-state index contributed by atoms with van der Waals surface area (Å²) in [5.41, 5.74) is 1.15. The molecule has 2 aromatic rings. The molecule has 2 heterocycles. The number of amides is 1. The Balaban J connectivity index is 1.64. The van der Waals surface area contributed by atoms with Crippen LogP contribution in [0.15, 0.2) is 33.7 Å². The minimum Gasteiger partial charge on any atom is -0.493 e. The van der Waals surface area contributed by atoms with Crippen molar-refractivity contribution in [3.63, 3.8) is 0 Å². The van der Waals surface area contributed by atoms with E-state index in [-0.39, 0.29) is 23.1 Å². The zero-order valence-corrected chi connectivity index (χ0v) is 21.1. The molecule has 1 aliphatic heterocycles. The first-order valence-electron chi connectivity index (χ1n) is 11.5. The number of aromatic nitrogens is 1. The third-order valence-corrected chi connectivity index (χ3v) is 7.84. The first kappa shape index (κ1) is 25.8. The summed E-state index contributed by atoms with van der Waals surface area (Å²) >= 11 is 0. The first-order valence-corrected chi connectivity index (χ1v) is 12.9. The summed E-state index contributed by atoms with van der Waals surface area (Å²) in [7, 11) is -2.15. The fourth-order valence-corrected chi connectivity index (χ4v) is 5.59. The predicted octanol–water partition coefficient (Wildman–Crippen LogP) is 3.42. The van der Waals surface area contributed by atoms with Crippen molar-refractivity contribution in [3.05, 3.63) is 41.3 Å². The normalized spacial score (nSPS) is 15.5. The molecule has 0 radical (unpaired) electrons. The average molecular weight is 492 g/mol. The lowest BCUT2D eigenvalue weighted by atomic mass is 10.2. The molecule has 1 fully saturated rings. The summed E-state index contributed by atoms with van der Waals surface area (Å²) in [6, 6.07) is 5.53. The van der Waals surface area contributed by atoms with Crippen LogP contribution >= 0.6 is 0 Å². The zero-order chi connectivity index (χ0) is 24.7. The number of methoxy groups -OCH3 is 1. The van der Waals surface area contributed by atoms with Gasteiger partial charge >= 0.3 is 0 Å². The number of hydrogen-bond donors (Lipinski definition) is 0. The second-order valence-electron chi connectivity index (χ2n) is 8.18. The fraction of sp³-hybridized carbons (Fsp3) is 0.500. The summed E-state index contributed by atoms with van der Waals surface area (Å²) < 4.78 is 43.8. The van der Waals surface area contributed by atoms with Gasteiger partial charge < -0.3 is 18.9 Å². The van der Waals surface area contributed by atoms with Gasteiger partial charge in [-0.25, -0.2) is 8.42 Å². The minimum atomic E-state index is -3.73. The van der Waals surface area contributed by atoms with Crippen molar-refractivity contribution < 1.29 is 27.2 Å². The lowest BCUT2D eigenvalue weighted by molar-refractivity contribution is -0.125. The number of hydrogen-bond acceptors (Lipinski definition) is 7. The van der Waals surface area contributed by atoms with Gasteiger partial charge in [0.05, 0.1) is 13.7 Å². The Kier molecular flexibility index (Phi) is 8.73. The van der Waals surface area contributed by atoms with Gasteiger partial charge in [-0.15, -0.1) is 0 Å². The standard InChI is InChI=1S/C24H33N3O6S/c1-5-6-16-32-21-10-8-20(17-22(21)31-4)9-11-23(28)26-12-7-13-27(15-14-26)34(29,30)24-18(2)25-33-19(24)3/h8-11,17H,5-7,12-16H2,1-4H3/b11-9+. The fourth-order valence-electron chi connectivity index (χ4n) is 3.83. The predicted molar refractivity (Wildman–Crippen MR) is 128 cm³/mol. The number of benzene rings is 1. The topological polar surface area (TPSA) is 102 Å². The highest BCUT2D eigenvalue weighted by molar-refractivity contribution is 7.89. The summed E-state index contributed by atoms with van der Waals surface area (Å²) in [5.74, 6) is 1.39. The largest absolute Gasteiger partial charge is 0.493 e. The van der Waals surface area contributed by atoms with E-state index in [4.69, 9.17) is 14.0 Å². The highest BCUT2D eigenvalue weighted by Gasteiger charge is 2.32. The molecule has 9 nitrogen and oxygen atoms in total. The van der Waals surface area contributed by atoms with Crippen molar-refractivity contribution in [2.45, 2.75) is 44.9 Å². The molecule has 0 unspecified atom stereocenters. The van der Waals surface area contributed by atoms with Gasteiger partial charge in [0, 0.05) is 32.3 Å². The van der Waals surface area contributed by atoms with E-state index >= 15 is 0 Å². The zero-order valence-electron chi connectivity index (χ0n) is 20.2. The van der Waals surface area contributed by atoms with E-state index in [1.807, 2.05) is 18.2 Å².